The van der Waals surface area contributed by atoms with E-state index < -0.39 is 0 Å². The molecule has 0 unspecified atom stereocenters. The molecular weight excluding hydrogens is 350 g/mol. The smallest absolute Gasteiger partial charge is 0.244 e. The maximum absolute atomic E-state index is 13.3. The third-order valence-corrected chi connectivity index (χ3v) is 5.88. The number of carbonyl (C=O) groups excluding carboxylic acids is 1. The van der Waals surface area contributed by atoms with E-state index in [-0.39, 0.29) is 11.9 Å². The van der Waals surface area contributed by atoms with E-state index in [1.807, 2.05) is 35.2 Å². The maximum atomic E-state index is 13.3. The Kier molecular flexibility index (Phi) is 5.81. The number of anilines is 1. The quantitative estimate of drug-likeness (QED) is 0.799. The molecule has 2 saturated heterocycles. The number of hydrogen-bond acceptors (Lipinski definition) is 4. The number of piperazine rings is 1. The van der Waals surface area contributed by atoms with E-state index in [9.17, 15) is 4.79 Å². The van der Waals surface area contributed by atoms with Gasteiger partial charge in [-0.15, -0.1) is 0 Å². The number of hydrogen-bond donors (Lipinski definition) is 0. The Morgan fingerprint density at radius 2 is 1.50 bits per heavy atom. The highest BCUT2D eigenvalue weighted by Gasteiger charge is 2.34. The number of nitrogens with zero attached hydrogens (tertiary/aromatic N) is 3. The van der Waals surface area contributed by atoms with Crippen LogP contribution in [0, 0.1) is 0 Å². The fourth-order valence-corrected chi connectivity index (χ4v) is 4.29. The number of carbonyl (C=O) groups is 1. The summed E-state index contributed by atoms with van der Waals surface area (Å²) in [6, 6.07) is 18.3. The molecule has 2 fully saturated rings. The fourth-order valence-electron chi connectivity index (χ4n) is 4.29. The van der Waals surface area contributed by atoms with Gasteiger partial charge in [0, 0.05) is 45.0 Å². The van der Waals surface area contributed by atoms with Crippen LogP contribution in [-0.4, -0.2) is 62.1 Å². The molecule has 2 aromatic carbocycles. The molecular formula is C23H29N3O2. The summed E-state index contributed by atoms with van der Waals surface area (Å²) in [7, 11) is 1.69. The number of likely N-dealkylation sites (tertiary alicyclic amines) is 1. The molecule has 4 rings (SSSR count). The SMILES string of the molecule is COc1ccc(N2CCN([C@@H](C(=O)N3CCCC3)c3ccccc3)CC2)cc1. The van der Waals surface area contributed by atoms with Gasteiger partial charge in [-0.1, -0.05) is 30.3 Å². The summed E-state index contributed by atoms with van der Waals surface area (Å²) in [5, 5.41) is 0. The van der Waals surface area contributed by atoms with Crippen LogP contribution in [0.3, 0.4) is 0 Å². The van der Waals surface area contributed by atoms with Gasteiger partial charge in [0.15, 0.2) is 0 Å². The van der Waals surface area contributed by atoms with E-state index in [1.165, 1.54) is 5.69 Å². The minimum atomic E-state index is -0.169. The zero-order chi connectivity index (χ0) is 19.3. The molecule has 2 aromatic rings. The van der Waals surface area contributed by atoms with Crippen LogP contribution in [0.15, 0.2) is 54.6 Å². The molecule has 5 heteroatoms. The van der Waals surface area contributed by atoms with E-state index in [4.69, 9.17) is 4.74 Å². The van der Waals surface area contributed by atoms with Gasteiger partial charge in [0.1, 0.15) is 11.8 Å². The summed E-state index contributed by atoms with van der Waals surface area (Å²) in [4.78, 5) is 20.1. The summed E-state index contributed by atoms with van der Waals surface area (Å²) >= 11 is 0. The van der Waals surface area contributed by atoms with E-state index in [0.717, 1.165) is 63.4 Å². The lowest BCUT2D eigenvalue weighted by molar-refractivity contribution is -0.136. The first-order valence-electron chi connectivity index (χ1n) is 10.2. The summed E-state index contributed by atoms with van der Waals surface area (Å²) < 4.78 is 5.26. The Hall–Kier alpha value is -2.53. The maximum Gasteiger partial charge on any atom is 0.244 e. The molecule has 2 heterocycles. The lowest BCUT2D eigenvalue weighted by atomic mass is 10.0. The van der Waals surface area contributed by atoms with Crippen LogP contribution in [0.25, 0.3) is 0 Å². The Labute approximate surface area is 167 Å². The van der Waals surface area contributed by atoms with Crippen LogP contribution in [0.1, 0.15) is 24.4 Å². The topological polar surface area (TPSA) is 36.0 Å². The molecule has 1 atom stereocenters. The Bertz CT molecular complexity index is 764. The minimum absolute atomic E-state index is 0.169. The monoisotopic (exact) mass is 379 g/mol. The van der Waals surface area contributed by atoms with Crippen molar-refractivity contribution >= 4 is 11.6 Å². The molecule has 2 aliphatic heterocycles. The van der Waals surface area contributed by atoms with Gasteiger partial charge in [-0.2, -0.15) is 0 Å². The Morgan fingerprint density at radius 3 is 2.11 bits per heavy atom. The molecule has 1 amide bonds. The van der Waals surface area contributed by atoms with Crippen LogP contribution in [0.4, 0.5) is 5.69 Å². The largest absolute Gasteiger partial charge is 0.497 e. The second-order valence-electron chi connectivity index (χ2n) is 7.57. The first-order valence-corrected chi connectivity index (χ1v) is 10.2. The lowest BCUT2D eigenvalue weighted by Gasteiger charge is -2.40. The van der Waals surface area contributed by atoms with E-state index in [0.29, 0.717) is 0 Å². The van der Waals surface area contributed by atoms with E-state index in [1.54, 1.807) is 7.11 Å². The summed E-state index contributed by atoms with van der Waals surface area (Å²) in [6.07, 6.45) is 2.25. The van der Waals surface area contributed by atoms with Crippen molar-refractivity contribution in [3.63, 3.8) is 0 Å². The fraction of sp³-hybridized carbons (Fsp3) is 0.435. The second kappa shape index (κ2) is 8.65. The molecule has 28 heavy (non-hydrogen) atoms. The predicted molar refractivity (Wildman–Crippen MR) is 112 cm³/mol. The first kappa shape index (κ1) is 18.8. The normalized spacial score (nSPS) is 18.9. The van der Waals surface area contributed by atoms with Crippen molar-refractivity contribution in [1.29, 1.82) is 0 Å². The van der Waals surface area contributed by atoms with Gasteiger partial charge in [-0.05, 0) is 42.7 Å². The molecule has 148 valence electrons. The summed E-state index contributed by atoms with van der Waals surface area (Å²) in [6.45, 7) is 5.39. The number of benzene rings is 2. The van der Waals surface area contributed by atoms with Gasteiger partial charge in [-0.3, -0.25) is 9.69 Å². The number of rotatable bonds is 5. The van der Waals surface area contributed by atoms with Crippen LogP contribution in [0.2, 0.25) is 0 Å². The van der Waals surface area contributed by atoms with Gasteiger partial charge in [0.2, 0.25) is 5.91 Å². The molecule has 2 aliphatic rings. The van der Waals surface area contributed by atoms with E-state index >= 15 is 0 Å². The summed E-state index contributed by atoms with van der Waals surface area (Å²) in [5.41, 5.74) is 2.32. The Morgan fingerprint density at radius 1 is 0.857 bits per heavy atom. The highest BCUT2D eigenvalue weighted by molar-refractivity contribution is 5.83. The number of amides is 1. The number of ether oxygens (including phenoxy) is 1. The third-order valence-electron chi connectivity index (χ3n) is 5.88. The molecule has 0 spiro atoms. The standard InChI is InChI=1S/C23H29N3O2/c1-28-21-11-9-20(10-12-21)24-15-17-25(18-16-24)22(19-7-3-2-4-8-19)23(27)26-13-5-6-14-26/h2-4,7-12,22H,5-6,13-18H2,1H3/t22-/m1/s1. The summed E-state index contributed by atoms with van der Waals surface area (Å²) in [5.74, 6) is 1.14. The van der Waals surface area contributed by atoms with Gasteiger partial charge >= 0.3 is 0 Å². The van der Waals surface area contributed by atoms with Gasteiger partial charge in [0.05, 0.1) is 7.11 Å². The Balaban J connectivity index is 1.48. The van der Waals surface area contributed by atoms with Crippen molar-refractivity contribution in [2.45, 2.75) is 18.9 Å². The predicted octanol–water partition coefficient (Wildman–Crippen LogP) is 3.18. The van der Waals surface area contributed by atoms with Crippen LogP contribution in [0.5, 0.6) is 5.75 Å². The lowest BCUT2D eigenvalue weighted by Crippen LogP contribution is -2.51. The van der Waals surface area contributed by atoms with Gasteiger partial charge in [0.25, 0.3) is 0 Å². The molecule has 0 radical (unpaired) electrons. The molecule has 0 saturated carbocycles. The average molecular weight is 380 g/mol. The van der Waals surface area contributed by atoms with Crippen molar-refractivity contribution in [3.05, 3.63) is 60.2 Å². The van der Waals surface area contributed by atoms with Crippen molar-refractivity contribution < 1.29 is 9.53 Å². The first-order chi connectivity index (χ1) is 13.8. The highest BCUT2D eigenvalue weighted by Crippen LogP contribution is 2.28. The van der Waals surface area contributed by atoms with Crippen molar-refractivity contribution in [2.75, 3.05) is 51.3 Å². The van der Waals surface area contributed by atoms with Gasteiger partial charge < -0.3 is 14.5 Å². The molecule has 5 nitrogen and oxygen atoms in total. The zero-order valence-corrected chi connectivity index (χ0v) is 16.6. The zero-order valence-electron chi connectivity index (χ0n) is 16.6. The highest BCUT2D eigenvalue weighted by atomic mass is 16.5. The second-order valence-corrected chi connectivity index (χ2v) is 7.57. The number of methoxy groups -OCH3 is 1. The van der Waals surface area contributed by atoms with Gasteiger partial charge in [-0.25, -0.2) is 0 Å². The molecule has 0 bridgehead atoms. The average Bonchev–Trinajstić information content (AvgIpc) is 3.30. The van der Waals surface area contributed by atoms with Crippen LogP contribution in [-0.2, 0) is 4.79 Å². The third kappa shape index (κ3) is 3.99. The molecule has 0 aromatic heterocycles. The minimum Gasteiger partial charge on any atom is -0.497 e. The van der Waals surface area contributed by atoms with Crippen molar-refractivity contribution in [2.24, 2.45) is 0 Å². The van der Waals surface area contributed by atoms with Crippen LogP contribution < -0.4 is 9.64 Å². The van der Waals surface area contributed by atoms with E-state index in [2.05, 4.69) is 34.1 Å². The van der Waals surface area contributed by atoms with Crippen LogP contribution >= 0.6 is 0 Å². The molecule has 0 aliphatic carbocycles. The molecule has 0 N–H and O–H groups in total. The van der Waals surface area contributed by atoms with Crippen molar-refractivity contribution in [1.82, 2.24) is 9.80 Å². The van der Waals surface area contributed by atoms with Crippen molar-refractivity contribution in [3.8, 4) is 5.75 Å².